The van der Waals surface area contributed by atoms with Gasteiger partial charge in [0, 0.05) is 25.7 Å². The van der Waals surface area contributed by atoms with Crippen molar-refractivity contribution in [2.75, 3.05) is 0 Å². The van der Waals surface area contributed by atoms with E-state index in [1.807, 2.05) is 4.57 Å². The van der Waals surface area contributed by atoms with Crippen molar-refractivity contribution in [2.24, 2.45) is 7.05 Å². The zero-order valence-corrected chi connectivity index (χ0v) is 10.3. The van der Waals surface area contributed by atoms with Crippen molar-refractivity contribution in [3.8, 4) is 0 Å². The maximum atomic E-state index is 10.2. The molecule has 92 valence electrons. The fourth-order valence-electron chi connectivity index (χ4n) is 1.80. The highest BCUT2D eigenvalue weighted by Crippen LogP contribution is 2.19. The first-order valence-electron chi connectivity index (χ1n) is 5.63. The van der Waals surface area contributed by atoms with Gasteiger partial charge < -0.3 is 9.67 Å². The number of imidazole rings is 1. The summed E-state index contributed by atoms with van der Waals surface area (Å²) in [6.45, 7) is 4.11. The van der Waals surface area contributed by atoms with Gasteiger partial charge >= 0.3 is 0 Å². The summed E-state index contributed by atoms with van der Waals surface area (Å²) in [5.41, 5.74) is 1.59. The van der Waals surface area contributed by atoms with Gasteiger partial charge in [-0.3, -0.25) is 4.68 Å². The molecule has 0 bridgehead atoms. The third kappa shape index (κ3) is 2.52. The van der Waals surface area contributed by atoms with E-state index in [9.17, 15) is 5.11 Å². The lowest BCUT2D eigenvalue weighted by Gasteiger charge is -2.15. The van der Waals surface area contributed by atoms with Crippen molar-refractivity contribution in [3.63, 3.8) is 0 Å². The van der Waals surface area contributed by atoms with E-state index in [1.54, 1.807) is 30.5 Å². The normalized spacial score (nSPS) is 13.2. The SMILES string of the molecule is CC(C)n1cncc1C(O)Cc1cn(C)nn1. The Morgan fingerprint density at radius 1 is 1.41 bits per heavy atom. The van der Waals surface area contributed by atoms with Crippen LogP contribution in [0.15, 0.2) is 18.7 Å². The number of aromatic nitrogens is 5. The lowest BCUT2D eigenvalue weighted by molar-refractivity contribution is 0.166. The van der Waals surface area contributed by atoms with Crippen molar-refractivity contribution in [2.45, 2.75) is 32.4 Å². The Morgan fingerprint density at radius 2 is 2.18 bits per heavy atom. The Balaban J connectivity index is 2.14. The van der Waals surface area contributed by atoms with Crippen LogP contribution < -0.4 is 0 Å². The van der Waals surface area contributed by atoms with Gasteiger partial charge in [-0.15, -0.1) is 5.10 Å². The zero-order chi connectivity index (χ0) is 12.4. The lowest BCUT2D eigenvalue weighted by Crippen LogP contribution is -2.11. The summed E-state index contributed by atoms with van der Waals surface area (Å²) in [6, 6.07) is 0.281. The lowest BCUT2D eigenvalue weighted by atomic mass is 10.1. The van der Waals surface area contributed by atoms with Crippen LogP contribution in [-0.4, -0.2) is 29.7 Å². The molecule has 0 radical (unpaired) electrons. The fraction of sp³-hybridized carbons (Fsp3) is 0.545. The molecule has 0 aliphatic carbocycles. The largest absolute Gasteiger partial charge is 0.386 e. The monoisotopic (exact) mass is 235 g/mol. The van der Waals surface area contributed by atoms with Gasteiger partial charge in [-0.25, -0.2) is 4.98 Å². The van der Waals surface area contributed by atoms with Gasteiger partial charge in [-0.1, -0.05) is 5.21 Å². The molecule has 0 aromatic carbocycles. The molecule has 0 spiro atoms. The Morgan fingerprint density at radius 3 is 2.76 bits per heavy atom. The molecule has 0 saturated heterocycles. The molecule has 2 rings (SSSR count). The smallest absolute Gasteiger partial charge is 0.101 e. The first-order chi connectivity index (χ1) is 8.08. The molecule has 2 aromatic heterocycles. The quantitative estimate of drug-likeness (QED) is 0.853. The van der Waals surface area contributed by atoms with Crippen LogP contribution in [0.25, 0.3) is 0 Å². The third-order valence-corrected chi connectivity index (χ3v) is 2.65. The van der Waals surface area contributed by atoms with Gasteiger partial charge in [-0.05, 0) is 13.8 Å². The van der Waals surface area contributed by atoms with E-state index in [0.717, 1.165) is 11.4 Å². The summed E-state index contributed by atoms with van der Waals surface area (Å²) in [7, 11) is 1.81. The molecule has 6 heteroatoms. The van der Waals surface area contributed by atoms with E-state index in [2.05, 4.69) is 29.1 Å². The van der Waals surface area contributed by atoms with Crippen molar-refractivity contribution in [1.82, 2.24) is 24.5 Å². The van der Waals surface area contributed by atoms with Gasteiger partial charge in [0.05, 0.1) is 23.9 Å². The number of rotatable bonds is 4. The second-order valence-corrected chi connectivity index (χ2v) is 4.42. The Hall–Kier alpha value is -1.69. The van der Waals surface area contributed by atoms with Crippen LogP contribution in [-0.2, 0) is 13.5 Å². The molecule has 2 heterocycles. The maximum absolute atomic E-state index is 10.2. The zero-order valence-electron chi connectivity index (χ0n) is 10.3. The maximum Gasteiger partial charge on any atom is 0.101 e. The highest BCUT2D eigenvalue weighted by Gasteiger charge is 2.16. The molecular weight excluding hydrogens is 218 g/mol. The van der Waals surface area contributed by atoms with Crippen LogP contribution in [0.4, 0.5) is 0 Å². The molecule has 1 unspecified atom stereocenters. The van der Waals surface area contributed by atoms with E-state index < -0.39 is 6.10 Å². The number of hydrogen-bond acceptors (Lipinski definition) is 4. The van der Waals surface area contributed by atoms with Gasteiger partial charge in [0.2, 0.25) is 0 Å². The van der Waals surface area contributed by atoms with Crippen LogP contribution in [0.2, 0.25) is 0 Å². The number of aliphatic hydroxyl groups is 1. The van der Waals surface area contributed by atoms with Gasteiger partial charge in [0.1, 0.15) is 6.10 Å². The van der Waals surface area contributed by atoms with Crippen LogP contribution >= 0.6 is 0 Å². The molecule has 2 aromatic rings. The highest BCUT2D eigenvalue weighted by atomic mass is 16.3. The Bertz CT molecular complexity index is 488. The Kier molecular flexibility index (Phi) is 3.23. The minimum absolute atomic E-state index is 0.281. The first kappa shape index (κ1) is 11.8. The fourth-order valence-corrected chi connectivity index (χ4v) is 1.80. The van der Waals surface area contributed by atoms with Gasteiger partial charge in [0.15, 0.2) is 0 Å². The van der Waals surface area contributed by atoms with Crippen LogP contribution in [0, 0.1) is 0 Å². The molecule has 0 saturated carbocycles. The molecule has 1 atom stereocenters. The van der Waals surface area contributed by atoms with E-state index in [1.165, 1.54) is 0 Å². The number of aliphatic hydroxyl groups excluding tert-OH is 1. The predicted octanol–water partition coefficient (Wildman–Crippen LogP) is 0.869. The molecule has 0 aliphatic rings. The summed E-state index contributed by atoms with van der Waals surface area (Å²) in [5.74, 6) is 0. The molecule has 0 aliphatic heterocycles. The minimum atomic E-state index is -0.600. The topological polar surface area (TPSA) is 68.8 Å². The molecule has 1 N–H and O–H groups in total. The van der Waals surface area contributed by atoms with Crippen molar-refractivity contribution >= 4 is 0 Å². The first-order valence-corrected chi connectivity index (χ1v) is 5.63. The second kappa shape index (κ2) is 4.67. The predicted molar refractivity (Wildman–Crippen MR) is 62.3 cm³/mol. The summed E-state index contributed by atoms with van der Waals surface area (Å²) >= 11 is 0. The van der Waals surface area contributed by atoms with E-state index in [4.69, 9.17) is 0 Å². The van der Waals surface area contributed by atoms with Crippen molar-refractivity contribution < 1.29 is 5.11 Å². The van der Waals surface area contributed by atoms with Gasteiger partial charge in [-0.2, -0.15) is 0 Å². The van der Waals surface area contributed by atoms with Crippen LogP contribution in [0.3, 0.4) is 0 Å². The molecule has 0 amide bonds. The summed E-state index contributed by atoms with van der Waals surface area (Å²) in [4.78, 5) is 4.07. The Labute approximate surface area is 99.9 Å². The summed E-state index contributed by atoms with van der Waals surface area (Å²) in [5, 5.41) is 18.0. The third-order valence-electron chi connectivity index (χ3n) is 2.65. The van der Waals surface area contributed by atoms with Crippen molar-refractivity contribution in [1.29, 1.82) is 0 Å². The number of hydrogen-bond donors (Lipinski definition) is 1. The molecular formula is C11H17N5O. The van der Waals surface area contributed by atoms with E-state index in [-0.39, 0.29) is 6.04 Å². The molecule has 17 heavy (non-hydrogen) atoms. The van der Waals surface area contributed by atoms with E-state index in [0.29, 0.717) is 6.42 Å². The highest BCUT2D eigenvalue weighted by molar-refractivity contribution is 5.08. The molecule has 6 nitrogen and oxygen atoms in total. The minimum Gasteiger partial charge on any atom is -0.386 e. The van der Waals surface area contributed by atoms with Crippen molar-refractivity contribution in [3.05, 3.63) is 30.1 Å². The summed E-state index contributed by atoms with van der Waals surface area (Å²) in [6.07, 6.45) is 5.09. The van der Waals surface area contributed by atoms with Crippen LogP contribution in [0.1, 0.15) is 37.4 Å². The van der Waals surface area contributed by atoms with Gasteiger partial charge in [0.25, 0.3) is 0 Å². The second-order valence-electron chi connectivity index (χ2n) is 4.42. The average Bonchev–Trinajstić information content (AvgIpc) is 2.86. The van der Waals surface area contributed by atoms with Crippen LogP contribution in [0.5, 0.6) is 0 Å². The number of nitrogens with zero attached hydrogens (tertiary/aromatic N) is 5. The average molecular weight is 235 g/mol. The molecule has 0 fully saturated rings. The number of aryl methyl sites for hydroxylation is 1. The standard InChI is InChI=1S/C11H17N5O/c1-8(2)16-7-12-5-10(16)11(17)4-9-6-15(3)14-13-9/h5-8,11,17H,4H2,1-3H3. The summed E-state index contributed by atoms with van der Waals surface area (Å²) < 4.78 is 3.59. The van der Waals surface area contributed by atoms with E-state index >= 15 is 0 Å².